The molecule has 1 aromatic heterocycles. The van der Waals surface area contributed by atoms with Crippen molar-refractivity contribution >= 4 is 35.0 Å². The molecule has 1 aliphatic carbocycles. The molecule has 1 unspecified atom stereocenters. The molecule has 0 aliphatic heterocycles. The standard InChI is InChI=1S/C12H11Cl2N3S/c13-12(14)6-9(12)7-18-11-15-8-16-17(11)10-4-2-1-3-5-10/h1-5,8-9H,6-7H2/p+1. The lowest BCUT2D eigenvalue weighted by Crippen LogP contribution is -2.34. The van der Waals surface area contributed by atoms with Gasteiger partial charge in [0, 0.05) is 11.7 Å². The fourth-order valence-corrected chi connectivity index (χ4v) is 3.62. The summed E-state index contributed by atoms with van der Waals surface area (Å²) in [6.45, 7) is 0. The molecule has 1 fully saturated rings. The van der Waals surface area contributed by atoms with Gasteiger partial charge in [0.05, 0.1) is 0 Å². The summed E-state index contributed by atoms with van der Waals surface area (Å²) in [7, 11) is 0. The van der Waals surface area contributed by atoms with Gasteiger partial charge in [-0.2, -0.15) is 5.10 Å². The van der Waals surface area contributed by atoms with Gasteiger partial charge >= 0.3 is 5.16 Å². The summed E-state index contributed by atoms with van der Waals surface area (Å²) in [6, 6.07) is 10.1. The van der Waals surface area contributed by atoms with Crippen LogP contribution in [-0.2, 0) is 0 Å². The maximum absolute atomic E-state index is 6.02. The van der Waals surface area contributed by atoms with E-state index >= 15 is 0 Å². The molecule has 1 atom stereocenters. The molecule has 0 saturated heterocycles. The minimum Gasteiger partial charge on any atom is -0.188 e. The zero-order valence-corrected chi connectivity index (χ0v) is 11.8. The van der Waals surface area contributed by atoms with E-state index in [2.05, 4.69) is 10.1 Å². The van der Waals surface area contributed by atoms with Gasteiger partial charge < -0.3 is 0 Å². The molecular weight excluding hydrogens is 289 g/mol. The molecule has 18 heavy (non-hydrogen) atoms. The number of benzene rings is 1. The van der Waals surface area contributed by atoms with E-state index in [1.165, 1.54) is 0 Å². The SMILES string of the molecule is ClC1(Cl)CC1CSc1nc[nH][n+]1-c1ccccc1. The Morgan fingerprint density at radius 3 is 2.78 bits per heavy atom. The monoisotopic (exact) mass is 300 g/mol. The van der Waals surface area contributed by atoms with Crippen molar-refractivity contribution in [3.63, 3.8) is 0 Å². The molecule has 6 heteroatoms. The van der Waals surface area contributed by atoms with Crippen LogP contribution in [0.4, 0.5) is 0 Å². The molecule has 1 saturated carbocycles. The van der Waals surface area contributed by atoms with Crippen molar-refractivity contribution in [3.05, 3.63) is 36.7 Å². The molecule has 94 valence electrons. The van der Waals surface area contributed by atoms with Gasteiger partial charge in [-0.25, -0.2) is 0 Å². The Morgan fingerprint density at radius 2 is 2.11 bits per heavy atom. The van der Waals surface area contributed by atoms with Crippen molar-refractivity contribution in [1.82, 2.24) is 10.1 Å². The number of H-pyrrole nitrogens is 1. The molecule has 1 heterocycles. The number of aromatic nitrogens is 3. The largest absolute Gasteiger partial charge is 0.385 e. The summed E-state index contributed by atoms with van der Waals surface area (Å²) in [5.74, 6) is 1.26. The minimum absolute atomic E-state index is 0.367. The van der Waals surface area contributed by atoms with Gasteiger partial charge in [-0.05, 0) is 35.3 Å². The van der Waals surface area contributed by atoms with Gasteiger partial charge in [0.1, 0.15) is 4.33 Å². The van der Waals surface area contributed by atoms with Gasteiger partial charge in [0.15, 0.2) is 5.69 Å². The molecule has 2 aromatic rings. The van der Waals surface area contributed by atoms with Crippen LogP contribution in [0.1, 0.15) is 6.42 Å². The molecule has 0 spiro atoms. The molecule has 1 N–H and O–H groups in total. The quantitative estimate of drug-likeness (QED) is 0.535. The number of thioether (sulfide) groups is 1. The first-order valence-corrected chi connectivity index (χ1v) is 7.42. The van der Waals surface area contributed by atoms with Crippen LogP contribution in [0.5, 0.6) is 0 Å². The Labute approximate surface area is 119 Å². The number of nitrogens with one attached hydrogen (secondary N) is 1. The van der Waals surface area contributed by atoms with Gasteiger partial charge in [-0.1, -0.05) is 18.2 Å². The molecule has 0 amide bonds. The average Bonchev–Trinajstić information content (AvgIpc) is 2.78. The van der Waals surface area contributed by atoms with Crippen molar-refractivity contribution in [2.75, 3.05) is 5.75 Å². The second-order valence-corrected chi connectivity index (χ2v) is 6.84. The second-order valence-electron chi connectivity index (χ2n) is 4.31. The van der Waals surface area contributed by atoms with Crippen molar-refractivity contribution in [3.8, 4) is 5.69 Å². The summed E-state index contributed by atoms with van der Waals surface area (Å²) in [5, 5.41) is 4.03. The van der Waals surface area contributed by atoms with E-state index in [-0.39, 0.29) is 0 Å². The highest BCUT2D eigenvalue weighted by atomic mass is 35.5. The molecule has 3 rings (SSSR count). The summed E-state index contributed by atoms with van der Waals surface area (Å²) < 4.78 is 1.44. The van der Waals surface area contributed by atoms with E-state index in [1.807, 2.05) is 35.0 Å². The number of rotatable bonds is 4. The zero-order chi connectivity index (χ0) is 12.6. The highest BCUT2D eigenvalue weighted by Gasteiger charge is 2.51. The van der Waals surface area contributed by atoms with E-state index in [0.717, 1.165) is 23.0 Å². The third-order valence-corrected chi connectivity index (χ3v) is 4.98. The van der Waals surface area contributed by atoms with Crippen LogP contribution in [0, 0.1) is 5.92 Å². The number of hydrogen-bond acceptors (Lipinski definition) is 2. The first-order chi connectivity index (χ1) is 8.67. The number of para-hydroxylation sites is 1. The zero-order valence-electron chi connectivity index (χ0n) is 9.51. The van der Waals surface area contributed by atoms with Crippen molar-refractivity contribution in [1.29, 1.82) is 0 Å². The summed E-state index contributed by atoms with van der Waals surface area (Å²) >= 11 is 13.7. The minimum atomic E-state index is -0.513. The maximum atomic E-state index is 6.02. The smallest absolute Gasteiger partial charge is 0.188 e. The van der Waals surface area contributed by atoms with Crippen LogP contribution in [0.2, 0.25) is 0 Å². The van der Waals surface area contributed by atoms with Crippen LogP contribution in [0.25, 0.3) is 5.69 Å². The number of alkyl halides is 2. The number of halogens is 2. The Balaban J connectivity index is 1.72. The Morgan fingerprint density at radius 1 is 1.39 bits per heavy atom. The average molecular weight is 301 g/mol. The number of aromatic amines is 1. The molecule has 0 radical (unpaired) electrons. The van der Waals surface area contributed by atoms with Gasteiger partial charge in [-0.15, -0.1) is 27.9 Å². The molecule has 1 aromatic carbocycles. The molecule has 3 nitrogen and oxygen atoms in total. The fourth-order valence-electron chi connectivity index (χ4n) is 1.74. The highest BCUT2D eigenvalue weighted by Crippen LogP contribution is 2.54. The van der Waals surface area contributed by atoms with Crippen LogP contribution in [0.3, 0.4) is 0 Å². The van der Waals surface area contributed by atoms with E-state index in [1.54, 1.807) is 18.1 Å². The van der Waals surface area contributed by atoms with Crippen LogP contribution < -0.4 is 4.68 Å². The van der Waals surface area contributed by atoms with Crippen molar-refractivity contribution in [2.24, 2.45) is 5.92 Å². The highest BCUT2D eigenvalue weighted by molar-refractivity contribution is 7.99. The molecular formula is C12H12Cl2N3S+. The van der Waals surface area contributed by atoms with Crippen molar-refractivity contribution in [2.45, 2.75) is 15.9 Å². The fraction of sp³-hybridized carbons (Fsp3) is 0.333. The van der Waals surface area contributed by atoms with E-state index in [9.17, 15) is 0 Å². The lowest BCUT2D eigenvalue weighted by molar-refractivity contribution is -0.694. The number of nitrogens with zero attached hydrogens (tertiary/aromatic N) is 2. The molecule has 0 bridgehead atoms. The third kappa shape index (κ3) is 2.51. The van der Waals surface area contributed by atoms with Gasteiger partial charge in [0.2, 0.25) is 6.33 Å². The van der Waals surface area contributed by atoms with E-state index in [0.29, 0.717) is 5.92 Å². The lowest BCUT2D eigenvalue weighted by atomic mass is 10.3. The summed E-state index contributed by atoms with van der Waals surface area (Å²) in [5.41, 5.74) is 1.07. The van der Waals surface area contributed by atoms with Crippen LogP contribution in [-0.4, -0.2) is 20.2 Å². The van der Waals surface area contributed by atoms with E-state index in [4.69, 9.17) is 23.2 Å². The summed E-state index contributed by atoms with van der Waals surface area (Å²) in [4.78, 5) is 4.32. The van der Waals surface area contributed by atoms with Crippen LogP contribution in [0.15, 0.2) is 41.8 Å². The maximum Gasteiger partial charge on any atom is 0.385 e. The predicted octanol–water partition coefficient (Wildman–Crippen LogP) is 2.97. The second kappa shape index (κ2) is 4.76. The summed E-state index contributed by atoms with van der Waals surface area (Å²) in [6.07, 6.45) is 2.57. The Kier molecular flexibility index (Phi) is 3.26. The van der Waals surface area contributed by atoms with Gasteiger partial charge in [-0.3, -0.25) is 0 Å². The van der Waals surface area contributed by atoms with Gasteiger partial charge in [0.25, 0.3) is 0 Å². The van der Waals surface area contributed by atoms with E-state index < -0.39 is 4.33 Å². The molecule has 1 aliphatic rings. The third-order valence-electron chi connectivity index (χ3n) is 2.94. The van der Waals surface area contributed by atoms with Crippen molar-refractivity contribution < 1.29 is 4.68 Å². The first-order valence-electron chi connectivity index (χ1n) is 5.68. The Bertz CT molecular complexity index is 541. The first kappa shape index (κ1) is 12.3. The lowest BCUT2D eigenvalue weighted by Gasteiger charge is -1.98. The van der Waals surface area contributed by atoms with Crippen LogP contribution >= 0.6 is 35.0 Å². The number of hydrogen-bond donors (Lipinski definition) is 1. The topological polar surface area (TPSA) is 32.6 Å². The Hall–Kier alpha value is -0.710. The normalized spacial score (nSPS) is 20.9. The predicted molar refractivity (Wildman–Crippen MR) is 73.4 cm³/mol.